The van der Waals surface area contributed by atoms with Gasteiger partial charge in [-0.1, -0.05) is 21.6 Å². The Morgan fingerprint density at radius 1 is 0.479 bits per heavy atom. The molecule has 2 aliphatic rings. The van der Waals surface area contributed by atoms with Crippen LogP contribution in [0.5, 0.6) is 0 Å². The van der Waals surface area contributed by atoms with Crippen LogP contribution < -0.4 is 10.6 Å². The topological polar surface area (TPSA) is 234 Å². The van der Waals surface area contributed by atoms with Gasteiger partial charge in [-0.2, -0.15) is 0 Å². The van der Waals surface area contributed by atoms with Crippen LogP contribution in [0.4, 0.5) is 0 Å². The quantitative estimate of drug-likeness (QED) is 0.141. The van der Waals surface area contributed by atoms with Crippen LogP contribution in [0.15, 0.2) is 0 Å². The summed E-state index contributed by atoms with van der Waals surface area (Å²) < 4.78 is 44.4. The van der Waals surface area contributed by atoms with Crippen LogP contribution in [-0.4, -0.2) is 120 Å². The highest BCUT2D eigenvalue weighted by atomic mass is 33.1. The fourth-order valence-electron chi connectivity index (χ4n) is 4.86. The molecule has 0 aromatic heterocycles. The zero-order chi connectivity index (χ0) is 36.3. The minimum absolute atomic E-state index is 0.433. The van der Waals surface area contributed by atoms with Gasteiger partial charge in [0.05, 0.1) is 0 Å². The molecule has 0 bridgehead atoms. The lowest BCUT2D eigenvalue weighted by atomic mass is 9.97. The van der Waals surface area contributed by atoms with Crippen molar-refractivity contribution in [1.82, 2.24) is 10.6 Å². The predicted molar refractivity (Wildman–Crippen MR) is 163 cm³/mol. The molecule has 2 rings (SSSR count). The highest BCUT2D eigenvalue weighted by molar-refractivity contribution is 8.77. The molecule has 18 nitrogen and oxygen atoms in total. The number of esters is 6. The molecule has 48 heavy (non-hydrogen) atoms. The van der Waals surface area contributed by atoms with Gasteiger partial charge in [0, 0.05) is 55.4 Å². The second-order valence-corrected chi connectivity index (χ2v) is 13.1. The molecular weight excluding hydrogens is 684 g/mol. The number of nitrogens with one attached hydrogen (secondary N) is 2. The molecule has 2 fully saturated rings. The zero-order valence-corrected chi connectivity index (χ0v) is 29.2. The summed E-state index contributed by atoms with van der Waals surface area (Å²) in [7, 11) is 1.82. The highest BCUT2D eigenvalue weighted by Crippen LogP contribution is 2.44. The number of ether oxygens (including phenoxy) is 8. The standard InChI is InChI=1S/C28H40N2O16S2/c1-11(31)29-21-25(43-17(7)37)23(41-15(5)35)19(9-39-13(3)33)45-27(21)47-48-28-22(30-12(2)32)26(44-18(8)38)24(42-16(6)36)20(46-28)10-40-14(4)34/h19-28H,9-10H2,1-8H3,(H,29,31)(H,30,32)/t19-,20-,21-,22-,23-,24-,25-,26-,27-,28+/m1/s1. The van der Waals surface area contributed by atoms with E-state index < -0.39 is 120 Å². The monoisotopic (exact) mass is 724 g/mol. The molecule has 2 aliphatic heterocycles. The summed E-state index contributed by atoms with van der Waals surface area (Å²) in [5, 5.41) is 5.29. The number of rotatable bonds is 13. The van der Waals surface area contributed by atoms with Crippen molar-refractivity contribution in [1.29, 1.82) is 0 Å². The lowest BCUT2D eigenvalue weighted by Crippen LogP contribution is -2.66. The van der Waals surface area contributed by atoms with Gasteiger partial charge in [-0.05, 0) is 0 Å². The maximum atomic E-state index is 12.3. The maximum absolute atomic E-state index is 12.3. The van der Waals surface area contributed by atoms with Crippen molar-refractivity contribution in [3.05, 3.63) is 0 Å². The zero-order valence-electron chi connectivity index (χ0n) is 27.5. The Labute approximate surface area is 284 Å². The first-order valence-corrected chi connectivity index (χ1v) is 16.8. The number of carbonyl (C=O) groups excluding carboxylic acids is 8. The summed E-state index contributed by atoms with van der Waals surface area (Å²) in [6.45, 7) is 8.24. The Morgan fingerprint density at radius 3 is 1.02 bits per heavy atom. The van der Waals surface area contributed by atoms with Crippen LogP contribution >= 0.6 is 21.6 Å². The van der Waals surface area contributed by atoms with Gasteiger partial charge in [-0.25, -0.2) is 0 Å². The van der Waals surface area contributed by atoms with E-state index in [0.29, 0.717) is 0 Å². The van der Waals surface area contributed by atoms with Crippen molar-refractivity contribution >= 4 is 69.2 Å². The molecule has 10 atom stereocenters. The minimum atomic E-state index is -1.33. The molecule has 2 saturated heterocycles. The first kappa shape index (κ1) is 40.6. The molecule has 0 spiro atoms. The SMILES string of the molecule is CC(=O)N[C@@H]1[C@@H](OC(C)=O)[C@H](OC(C)=O)[C@@H](COC(C)=O)O[C@@H]1SS[C@@H]1O[C@H](COC(C)=O)[C@@H](OC(C)=O)[C@H](OC(C)=O)[C@H]1NC(C)=O. The van der Waals surface area contributed by atoms with Crippen molar-refractivity contribution in [2.45, 2.75) is 115 Å². The fourth-order valence-corrected chi connectivity index (χ4v) is 7.78. The highest BCUT2D eigenvalue weighted by Gasteiger charge is 2.54. The Hall–Kier alpha value is -3.62. The van der Waals surface area contributed by atoms with E-state index in [1.807, 2.05) is 0 Å². The van der Waals surface area contributed by atoms with Crippen LogP contribution in [0, 0.1) is 0 Å². The van der Waals surface area contributed by atoms with Crippen molar-refractivity contribution in [2.75, 3.05) is 13.2 Å². The minimum Gasteiger partial charge on any atom is -0.463 e. The third-order valence-electron chi connectivity index (χ3n) is 6.39. The molecule has 2 heterocycles. The van der Waals surface area contributed by atoms with Crippen molar-refractivity contribution in [2.24, 2.45) is 0 Å². The number of carbonyl (C=O) groups is 8. The predicted octanol–water partition coefficient (Wildman–Crippen LogP) is -0.320. The van der Waals surface area contributed by atoms with E-state index in [4.69, 9.17) is 37.9 Å². The summed E-state index contributed by atoms with van der Waals surface area (Å²) in [4.78, 5) is 96.5. The van der Waals surface area contributed by atoms with E-state index in [2.05, 4.69) is 10.6 Å². The molecular formula is C28H40N2O16S2. The third kappa shape index (κ3) is 12.8. The van der Waals surface area contributed by atoms with E-state index in [9.17, 15) is 38.4 Å². The summed E-state index contributed by atoms with van der Waals surface area (Å²) in [5.74, 6) is -5.62. The Kier molecular flexibility index (Phi) is 15.9. The average molecular weight is 725 g/mol. The van der Waals surface area contributed by atoms with Gasteiger partial charge in [0.25, 0.3) is 0 Å². The maximum Gasteiger partial charge on any atom is 0.303 e. The molecule has 0 unspecified atom stereocenters. The molecule has 2 N–H and O–H groups in total. The van der Waals surface area contributed by atoms with Crippen LogP contribution in [0.2, 0.25) is 0 Å². The van der Waals surface area contributed by atoms with Crippen LogP contribution in [0.3, 0.4) is 0 Å². The van der Waals surface area contributed by atoms with E-state index >= 15 is 0 Å². The second-order valence-electron chi connectivity index (χ2n) is 10.6. The second kappa shape index (κ2) is 18.8. The average Bonchev–Trinajstić information content (AvgIpc) is 2.93. The number of hydrogen-bond acceptors (Lipinski definition) is 18. The van der Waals surface area contributed by atoms with Gasteiger partial charge in [0.15, 0.2) is 24.4 Å². The number of hydrogen-bond donors (Lipinski definition) is 2. The number of amides is 2. The molecule has 2 amide bonds. The lowest BCUT2D eigenvalue weighted by molar-refractivity contribution is -0.212. The smallest absolute Gasteiger partial charge is 0.303 e. The Balaban J connectivity index is 2.57. The summed E-state index contributed by atoms with van der Waals surface area (Å²) in [6.07, 6.45) is -7.70. The Bertz CT molecular complexity index is 1140. The molecule has 0 aromatic rings. The fraction of sp³-hybridized carbons (Fsp3) is 0.714. The van der Waals surface area contributed by atoms with Gasteiger partial charge in [0.2, 0.25) is 11.8 Å². The molecule has 20 heteroatoms. The van der Waals surface area contributed by atoms with Gasteiger partial charge in [-0.15, -0.1) is 0 Å². The lowest BCUT2D eigenvalue weighted by Gasteiger charge is -2.46. The largest absolute Gasteiger partial charge is 0.463 e. The van der Waals surface area contributed by atoms with E-state index in [-0.39, 0.29) is 0 Å². The van der Waals surface area contributed by atoms with Gasteiger partial charge in [0.1, 0.15) is 48.4 Å². The third-order valence-corrected chi connectivity index (χ3v) is 9.16. The van der Waals surface area contributed by atoms with Crippen LogP contribution in [0.1, 0.15) is 55.4 Å². The van der Waals surface area contributed by atoms with Crippen molar-refractivity contribution in [3.63, 3.8) is 0 Å². The first-order chi connectivity index (χ1) is 22.4. The first-order valence-electron chi connectivity index (χ1n) is 14.5. The molecule has 0 aliphatic carbocycles. The van der Waals surface area contributed by atoms with E-state index in [1.165, 1.54) is 13.8 Å². The van der Waals surface area contributed by atoms with Crippen molar-refractivity contribution in [3.8, 4) is 0 Å². The molecule has 0 saturated carbocycles. The van der Waals surface area contributed by atoms with Crippen LogP contribution in [0.25, 0.3) is 0 Å². The molecule has 270 valence electrons. The summed E-state index contributed by atoms with van der Waals surface area (Å²) in [5.41, 5.74) is -2.27. The summed E-state index contributed by atoms with van der Waals surface area (Å²) >= 11 is 0. The van der Waals surface area contributed by atoms with E-state index in [1.54, 1.807) is 0 Å². The van der Waals surface area contributed by atoms with E-state index in [0.717, 1.165) is 63.1 Å². The Morgan fingerprint density at radius 2 is 0.771 bits per heavy atom. The van der Waals surface area contributed by atoms with Gasteiger partial charge >= 0.3 is 35.8 Å². The molecule has 0 radical (unpaired) electrons. The van der Waals surface area contributed by atoms with Gasteiger partial charge in [-0.3, -0.25) is 38.4 Å². The summed E-state index contributed by atoms with van der Waals surface area (Å²) in [6, 6.07) is -2.33. The normalized spacial score (nSPS) is 29.7. The van der Waals surface area contributed by atoms with Crippen molar-refractivity contribution < 1.29 is 76.3 Å². The van der Waals surface area contributed by atoms with Gasteiger partial charge < -0.3 is 48.5 Å². The molecule has 0 aromatic carbocycles. The van der Waals surface area contributed by atoms with Crippen LogP contribution in [-0.2, 0) is 76.3 Å².